The third-order valence-electron chi connectivity index (χ3n) is 4.35. The van der Waals surface area contributed by atoms with Crippen LogP contribution in [-0.2, 0) is 4.79 Å². The van der Waals surface area contributed by atoms with Crippen molar-refractivity contribution in [1.82, 2.24) is 9.88 Å². The van der Waals surface area contributed by atoms with Crippen molar-refractivity contribution in [1.29, 1.82) is 0 Å². The summed E-state index contributed by atoms with van der Waals surface area (Å²) in [7, 11) is 0. The Labute approximate surface area is 146 Å². The molecule has 0 unspecified atom stereocenters. The largest absolute Gasteiger partial charge is 0.482 e. The molecule has 2 aromatic rings. The van der Waals surface area contributed by atoms with Crippen LogP contribution in [0.3, 0.4) is 0 Å². The van der Waals surface area contributed by atoms with E-state index in [1.54, 1.807) is 11.3 Å². The van der Waals surface area contributed by atoms with Crippen LogP contribution in [0.1, 0.15) is 18.9 Å². The van der Waals surface area contributed by atoms with Crippen LogP contribution < -0.4 is 9.64 Å². The maximum absolute atomic E-state index is 12.4. The van der Waals surface area contributed by atoms with Crippen molar-refractivity contribution in [2.24, 2.45) is 0 Å². The molecule has 0 saturated carbocycles. The Hall–Kier alpha value is -1.92. The van der Waals surface area contributed by atoms with Crippen LogP contribution in [0.15, 0.2) is 23.6 Å². The minimum atomic E-state index is 0.0151. The number of fused-ring (bicyclic) bond motifs is 1. The predicted molar refractivity (Wildman–Crippen MR) is 97.9 cm³/mol. The Kier molecular flexibility index (Phi) is 5.16. The molecule has 1 amide bonds. The summed E-state index contributed by atoms with van der Waals surface area (Å²) in [4.78, 5) is 21.1. The lowest BCUT2D eigenvalue weighted by Gasteiger charge is -2.31. The topological polar surface area (TPSA) is 45.7 Å². The number of aromatic nitrogens is 1. The smallest absolute Gasteiger partial charge is 0.265 e. The lowest BCUT2D eigenvalue weighted by atomic mass is 10.1. The van der Waals surface area contributed by atoms with E-state index in [-0.39, 0.29) is 12.5 Å². The van der Waals surface area contributed by atoms with Gasteiger partial charge in [0.05, 0.1) is 16.4 Å². The normalized spacial score (nSPS) is 14.0. The molecule has 5 nitrogen and oxygen atoms in total. The number of carbonyl (C=O) groups is 1. The van der Waals surface area contributed by atoms with Gasteiger partial charge in [0.15, 0.2) is 6.61 Å². The van der Waals surface area contributed by atoms with Crippen LogP contribution in [0, 0.1) is 6.92 Å². The molecule has 128 valence electrons. The van der Waals surface area contributed by atoms with Crippen molar-refractivity contribution in [3.05, 3.63) is 28.6 Å². The summed E-state index contributed by atoms with van der Waals surface area (Å²) in [5.74, 6) is 0.783. The monoisotopic (exact) mass is 345 g/mol. The van der Waals surface area contributed by atoms with Crippen LogP contribution in [0.4, 0.5) is 5.69 Å². The molecule has 3 rings (SSSR count). The zero-order valence-electron chi connectivity index (χ0n) is 14.4. The Morgan fingerprint density at radius 3 is 2.79 bits per heavy atom. The number of nitrogens with zero attached hydrogens (tertiary/aromatic N) is 3. The Bertz CT molecular complexity index is 725. The fourth-order valence-electron chi connectivity index (χ4n) is 2.88. The molecule has 2 heterocycles. The zero-order chi connectivity index (χ0) is 17.1. The number of benzene rings is 1. The second kappa shape index (κ2) is 7.32. The van der Waals surface area contributed by atoms with Crippen molar-refractivity contribution >= 4 is 22.9 Å². The number of likely N-dealkylation sites (N-methyl/N-ethyl adjacent to an activating group) is 1. The van der Waals surface area contributed by atoms with E-state index in [1.807, 2.05) is 35.4 Å². The van der Waals surface area contributed by atoms with Crippen LogP contribution in [0.25, 0.3) is 11.3 Å². The first-order valence-electron chi connectivity index (χ1n) is 8.34. The third-order valence-corrected chi connectivity index (χ3v) is 5.12. The molecule has 1 aliphatic heterocycles. The number of rotatable bonds is 6. The molecule has 0 radical (unpaired) electrons. The lowest BCUT2D eigenvalue weighted by molar-refractivity contribution is -0.121. The summed E-state index contributed by atoms with van der Waals surface area (Å²) in [5, 5.41) is 3.08. The summed E-state index contributed by atoms with van der Waals surface area (Å²) in [5.41, 5.74) is 2.81. The quantitative estimate of drug-likeness (QED) is 0.807. The van der Waals surface area contributed by atoms with E-state index in [0.717, 1.165) is 47.3 Å². The first kappa shape index (κ1) is 16.9. The highest BCUT2D eigenvalue weighted by Gasteiger charge is 2.26. The molecule has 24 heavy (non-hydrogen) atoms. The minimum absolute atomic E-state index is 0.0151. The number of anilines is 1. The van der Waals surface area contributed by atoms with Crippen molar-refractivity contribution in [2.45, 2.75) is 20.8 Å². The lowest BCUT2D eigenvalue weighted by Crippen LogP contribution is -2.43. The van der Waals surface area contributed by atoms with Crippen molar-refractivity contribution in [3.8, 4) is 17.0 Å². The van der Waals surface area contributed by atoms with Gasteiger partial charge in [0.25, 0.3) is 5.91 Å². The Morgan fingerprint density at radius 2 is 2.12 bits per heavy atom. The summed E-state index contributed by atoms with van der Waals surface area (Å²) in [6.07, 6.45) is 0. The molecular weight excluding hydrogens is 322 g/mol. The first-order chi connectivity index (χ1) is 11.6. The predicted octanol–water partition coefficient (Wildman–Crippen LogP) is 3.19. The number of hydrogen-bond donors (Lipinski definition) is 0. The van der Waals surface area contributed by atoms with Gasteiger partial charge in [0, 0.05) is 24.0 Å². The highest BCUT2D eigenvalue weighted by molar-refractivity contribution is 7.09. The van der Waals surface area contributed by atoms with E-state index in [0.29, 0.717) is 6.54 Å². The Morgan fingerprint density at radius 1 is 1.33 bits per heavy atom. The van der Waals surface area contributed by atoms with Gasteiger partial charge in [-0.2, -0.15) is 0 Å². The number of ether oxygens (including phenoxy) is 1. The van der Waals surface area contributed by atoms with Gasteiger partial charge in [-0.3, -0.25) is 4.79 Å². The van der Waals surface area contributed by atoms with Gasteiger partial charge in [0.2, 0.25) is 0 Å². The second-order valence-electron chi connectivity index (χ2n) is 5.80. The van der Waals surface area contributed by atoms with Gasteiger partial charge >= 0.3 is 0 Å². The maximum Gasteiger partial charge on any atom is 0.265 e. The fourth-order valence-corrected chi connectivity index (χ4v) is 3.51. The molecule has 0 fully saturated rings. The second-order valence-corrected chi connectivity index (χ2v) is 6.86. The zero-order valence-corrected chi connectivity index (χ0v) is 15.2. The summed E-state index contributed by atoms with van der Waals surface area (Å²) >= 11 is 1.63. The average molecular weight is 345 g/mol. The van der Waals surface area contributed by atoms with Crippen LogP contribution >= 0.6 is 11.3 Å². The molecular formula is C18H23N3O2S. The SMILES string of the molecule is CCN(CC)CCN1C(=O)COc2ccc(-c3csc(C)n3)cc21. The van der Waals surface area contributed by atoms with Gasteiger partial charge in [-0.1, -0.05) is 13.8 Å². The van der Waals surface area contributed by atoms with Crippen LogP contribution in [0.2, 0.25) is 0 Å². The van der Waals surface area contributed by atoms with Crippen molar-refractivity contribution in [3.63, 3.8) is 0 Å². The number of amides is 1. The standard InChI is InChI=1S/C18H23N3O2S/c1-4-20(5-2)8-9-21-16-10-14(15-12-24-13(3)19-15)6-7-17(16)23-11-18(21)22/h6-7,10,12H,4-5,8-9,11H2,1-3H3. The van der Waals surface area contributed by atoms with Gasteiger partial charge in [-0.15, -0.1) is 11.3 Å². The molecule has 0 bridgehead atoms. The molecule has 6 heteroatoms. The van der Waals surface area contributed by atoms with E-state index in [2.05, 4.69) is 23.7 Å². The average Bonchev–Trinajstić information content (AvgIpc) is 3.03. The summed E-state index contributed by atoms with van der Waals surface area (Å²) in [6, 6.07) is 5.96. The molecule has 0 spiro atoms. The number of hydrogen-bond acceptors (Lipinski definition) is 5. The number of thiazole rings is 1. The van der Waals surface area contributed by atoms with E-state index < -0.39 is 0 Å². The summed E-state index contributed by atoms with van der Waals surface area (Å²) < 4.78 is 5.60. The van der Waals surface area contributed by atoms with Gasteiger partial charge in [0.1, 0.15) is 5.75 Å². The Balaban J connectivity index is 1.88. The van der Waals surface area contributed by atoms with Gasteiger partial charge < -0.3 is 14.5 Å². The van der Waals surface area contributed by atoms with Crippen molar-refractivity contribution < 1.29 is 9.53 Å². The molecule has 0 atom stereocenters. The molecule has 0 N–H and O–H groups in total. The minimum Gasteiger partial charge on any atom is -0.482 e. The van der Waals surface area contributed by atoms with Crippen molar-refractivity contribution in [2.75, 3.05) is 37.7 Å². The molecule has 0 aliphatic carbocycles. The molecule has 1 aliphatic rings. The maximum atomic E-state index is 12.4. The molecule has 1 aromatic carbocycles. The highest BCUT2D eigenvalue weighted by Crippen LogP contribution is 2.36. The molecule has 1 aromatic heterocycles. The van der Waals surface area contributed by atoms with Crippen LogP contribution in [0.5, 0.6) is 5.75 Å². The fraction of sp³-hybridized carbons (Fsp3) is 0.444. The number of aryl methyl sites for hydroxylation is 1. The van der Waals surface area contributed by atoms with E-state index >= 15 is 0 Å². The van der Waals surface area contributed by atoms with E-state index in [4.69, 9.17) is 4.74 Å². The van der Waals surface area contributed by atoms with E-state index in [1.165, 1.54) is 0 Å². The molecule has 0 saturated heterocycles. The first-order valence-corrected chi connectivity index (χ1v) is 9.22. The van der Waals surface area contributed by atoms with Gasteiger partial charge in [-0.25, -0.2) is 4.98 Å². The highest BCUT2D eigenvalue weighted by atomic mass is 32.1. The third kappa shape index (κ3) is 3.44. The van der Waals surface area contributed by atoms with E-state index in [9.17, 15) is 4.79 Å². The number of carbonyl (C=O) groups excluding carboxylic acids is 1. The van der Waals surface area contributed by atoms with Gasteiger partial charge in [-0.05, 0) is 38.2 Å². The summed E-state index contributed by atoms with van der Waals surface area (Å²) in [6.45, 7) is 9.90. The van der Waals surface area contributed by atoms with Crippen LogP contribution in [-0.4, -0.2) is 48.6 Å².